The predicted molar refractivity (Wildman–Crippen MR) is 75.9 cm³/mol. The van der Waals surface area contributed by atoms with Crippen molar-refractivity contribution in [3.8, 4) is 0 Å². The SMILES string of the molecule is CCCc1nn(C)c(N2C[C@H]3CNC[C@H]3C2)c1[N+](=O)[O-]. The lowest BCUT2D eigenvalue weighted by Crippen LogP contribution is -2.27. The molecule has 1 aromatic heterocycles. The molecule has 1 aromatic rings. The molecule has 0 unspecified atom stereocenters. The largest absolute Gasteiger partial charge is 0.350 e. The van der Waals surface area contributed by atoms with Crippen LogP contribution in [0.3, 0.4) is 0 Å². The van der Waals surface area contributed by atoms with E-state index in [9.17, 15) is 10.1 Å². The van der Waals surface area contributed by atoms with Crippen LogP contribution in [0.1, 0.15) is 19.0 Å². The molecule has 2 fully saturated rings. The fraction of sp³-hybridized carbons (Fsp3) is 0.769. The van der Waals surface area contributed by atoms with E-state index in [1.165, 1.54) is 0 Å². The molecule has 0 aliphatic carbocycles. The summed E-state index contributed by atoms with van der Waals surface area (Å²) in [6.45, 7) is 5.85. The number of nitro groups is 1. The molecule has 2 aliphatic rings. The van der Waals surface area contributed by atoms with Gasteiger partial charge in [0.15, 0.2) is 0 Å². The van der Waals surface area contributed by atoms with Crippen LogP contribution in [-0.2, 0) is 13.5 Å². The van der Waals surface area contributed by atoms with Gasteiger partial charge in [0.1, 0.15) is 5.69 Å². The Bertz CT molecular complexity index is 515. The van der Waals surface area contributed by atoms with Gasteiger partial charge in [0.2, 0.25) is 5.82 Å². The topological polar surface area (TPSA) is 76.2 Å². The monoisotopic (exact) mass is 279 g/mol. The van der Waals surface area contributed by atoms with E-state index >= 15 is 0 Å². The molecule has 0 radical (unpaired) electrons. The highest BCUT2D eigenvalue weighted by Crippen LogP contribution is 2.37. The minimum Gasteiger partial charge on any atom is -0.350 e. The second-order valence-electron chi connectivity index (χ2n) is 5.83. The normalized spacial score (nSPS) is 25.2. The number of hydrogen-bond acceptors (Lipinski definition) is 5. The van der Waals surface area contributed by atoms with Gasteiger partial charge in [0.25, 0.3) is 0 Å². The highest BCUT2D eigenvalue weighted by molar-refractivity contribution is 5.62. The van der Waals surface area contributed by atoms with Gasteiger partial charge in [-0.25, -0.2) is 4.68 Å². The Kier molecular flexibility index (Phi) is 3.37. The third-order valence-corrected chi connectivity index (χ3v) is 4.42. The highest BCUT2D eigenvalue weighted by Gasteiger charge is 2.40. The van der Waals surface area contributed by atoms with Crippen LogP contribution < -0.4 is 10.2 Å². The van der Waals surface area contributed by atoms with Gasteiger partial charge in [-0.15, -0.1) is 0 Å². The average molecular weight is 279 g/mol. The van der Waals surface area contributed by atoms with Crippen LogP contribution >= 0.6 is 0 Å². The maximum Gasteiger partial charge on any atom is 0.334 e. The molecule has 110 valence electrons. The predicted octanol–water partition coefficient (Wildman–Crippen LogP) is 0.936. The Morgan fingerprint density at radius 1 is 1.40 bits per heavy atom. The quantitative estimate of drug-likeness (QED) is 0.655. The lowest BCUT2D eigenvalue weighted by atomic mass is 10.0. The van der Waals surface area contributed by atoms with Crippen molar-refractivity contribution in [3.05, 3.63) is 15.8 Å². The molecule has 1 N–H and O–H groups in total. The smallest absolute Gasteiger partial charge is 0.334 e. The summed E-state index contributed by atoms with van der Waals surface area (Å²) in [4.78, 5) is 13.3. The van der Waals surface area contributed by atoms with E-state index in [2.05, 4.69) is 15.3 Å². The molecule has 0 spiro atoms. The number of hydrogen-bond donors (Lipinski definition) is 1. The third kappa shape index (κ3) is 2.06. The van der Waals surface area contributed by atoms with Crippen LogP contribution in [0, 0.1) is 22.0 Å². The molecule has 0 bridgehead atoms. The van der Waals surface area contributed by atoms with Gasteiger partial charge in [0.05, 0.1) is 4.92 Å². The minimum absolute atomic E-state index is 0.210. The first-order valence-corrected chi connectivity index (χ1v) is 7.27. The first kappa shape index (κ1) is 13.4. The Hall–Kier alpha value is -1.63. The van der Waals surface area contributed by atoms with Crippen molar-refractivity contribution < 1.29 is 4.92 Å². The number of aryl methyl sites for hydroxylation is 2. The van der Waals surface area contributed by atoms with Crippen LogP contribution in [0.25, 0.3) is 0 Å². The number of rotatable bonds is 4. The van der Waals surface area contributed by atoms with Gasteiger partial charge in [-0.1, -0.05) is 13.3 Å². The van der Waals surface area contributed by atoms with E-state index in [1.54, 1.807) is 4.68 Å². The molecule has 7 heteroatoms. The molecular formula is C13H21N5O2. The van der Waals surface area contributed by atoms with Crippen LogP contribution in [-0.4, -0.2) is 40.9 Å². The van der Waals surface area contributed by atoms with E-state index in [1.807, 2.05) is 14.0 Å². The Morgan fingerprint density at radius 2 is 2.05 bits per heavy atom. The first-order valence-electron chi connectivity index (χ1n) is 7.27. The molecule has 0 saturated carbocycles. The molecule has 2 saturated heterocycles. The molecule has 20 heavy (non-hydrogen) atoms. The molecule has 3 rings (SSSR count). The van der Waals surface area contributed by atoms with Crippen LogP contribution in [0.15, 0.2) is 0 Å². The summed E-state index contributed by atoms with van der Waals surface area (Å²) < 4.78 is 1.69. The second kappa shape index (κ2) is 5.05. The van der Waals surface area contributed by atoms with E-state index in [4.69, 9.17) is 0 Å². The summed E-state index contributed by atoms with van der Waals surface area (Å²) in [5.41, 5.74) is 0.826. The van der Waals surface area contributed by atoms with Crippen molar-refractivity contribution >= 4 is 11.5 Å². The number of aromatic nitrogens is 2. The average Bonchev–Trinajstić information content (AvgIpc) is 3.01. The van der Waals surface area contributed by atoms with Gasteiger partial charge in [-0.3, -0.25) is 10.1 Å². The summed E-state index contributed by atoms with van der Waals surface area (Å²) >= 11 is 0. The molecule has 0 aromatic carbocycles. The van der Waals surface area contributed by atoms with Crippen molar-refractivity contribution in [1.29, 1.82) is 0 Å². The molecule has 2 atom stereocenters. The van der Waals surface area contributed by atoms with Crippen LogP contribution in [0.4, 0.5) is 11.5 Å². The maximum atomic E-state index is 11.4. The standard InChI is InChI=1S/C13H21N5O2/c1-3-4-11-12(18(19)20)13(16(2)15-11)17-7-9-5-14-6-10(9)8-17/h9-10,14H,3-8H2,1-2H3/t9-,10+. The Morgan fingerprint density at radius 3 is 2.60 bits per heavy atom. The van der Waals surface area contributed by atoms with E-state index in [0.717, 1.165) is 32.6 Å². The van der Waals surface area contributed by atoms with Gasteiger partial charge in [-0.05, 0) is 18.3 Å². The Balaban J connectivity index is 1.94. The zero-order valence-electron chi connectivity index (χ0n) is 12.0. The zero-order chi connectivity index (χ0) is 14.3. The van der Waals surface area contributed by atoms with Crippen molar-refractivity contribution in [2.75, 3.05) is 31.1 Å². The zero-order valence-corrected chi connectivity index (χ0v) is 12.0. The Labute approximate surface area is 118 Å². The van der Waals surface area contributed by atoms with Crippen LogP contribution in [0.5, 0.6) is 0 Å². The van der Waals surface area contributed by atoms with Gasteiger partial charge >= 0.3 is 5.69 Å². The van der Waals surface area contributed by atoms with Gasteiger partial charge in [-0.2, -0.15) is 5.10 Å². The van der Waals surface area contributed by atoms with Gasteiger partial charge < -0.3 is 10.2 Å². The summed E-state index contributed by atoms with van der Waals surface area (Å²) in [6, 6.07) is 0. The summed E-state index contributed by atoms with van der Waals surface area (Å²) in [6.07, 6.45) is 1.53. The summed E-state index contributed by atoms with van der Waals surface area (Å²) in [5.74, 6) is 1.91. The van der Waals surface area contributed by atoms with Crippen molar-refractivity contribution in [2.45, 2.75) is 19.8 Å². The molecular weight excluding hydrogens is 258 g/mol. The number of fused-ring (bicyclic) bond motifs is 1. The third-order valence-electron chi connectivity index (χ3n) is 4.42. The molecule has 3 heterocycles. The molecule has 7 nitrogen and oxygen atoms in total. The van der Waals surface area contributed by atoms with E-state index < -0.39 is 0 Å². The second-order valence-corrected chi connectivity index (χ2v) is 5.83. The molecule has 0 amide bonds. The fourth-order valence-electron chi connectivity index (χ4n) is 3.53. The number of anilines is 1. The van der Waals surface area contributed by atoms with E-state index in [-0.39, 0.29) is 10.6 Å². The van der Waals surface area contributed by atoms with Gasteiger partial charge in [0, 0.05) is 33.2 Å². The maximum absolute atomic E-state index is 11.4. The van der Waals surface area contributed by atoms with Crippen molar-refractivity contribution in [3.63, 3.8) is 0 Å². The van der Waals surface area contributed by atoms with Crippen LogP contribution in [0.2, 0.25) is 0 Å². The minimum atomic E-state index is -0.264. The first-order chi connectivity index (χ1) is 9.61. The number of nitrogens with one attached hydrogen (secondary N) is 1. The summed E-state index contributed by atoms with van der Waals surface area (Å²) in [5, 5.41) is 19.2. The lowest BCUT2D eigenvalue weighted by Gasteiger charge is -2.18. The van der Waals surface area contributed by atoms with Crippen molar-refractivity contribution in [2.24, 2.45) is 18.9 Å². The van der Waals surface area contributed by atoms with E-state index in [0.29, 0.717) is 29.8 Å². The fourth-order valence-corrected chi connectivity index (χ4v) is 3.53. The number of nitrogens with zero attached hydrogens (tertiary/aromatic N) is 4. The molecule has 2 aliphatic heterocycles. The van der Waals surface area contributed by atoms with Crippen molar-refractivity contribution in [1.82, 2.24) is 15.1 Å². The highest BCUT2D eigenvalue weighted by atomic mass is 16.6. The lowest BCUT2D eigenvalue weighted by molar-refractivity contribution is -0.384. The summed E-state index contributed by atoms with van der Waals surface area (Å²) in [7, 11) is 1.81.